The highest BCUT2D eigenvalue weighted by molar-refractivity contribution is 7.91. The summed E-state index contributed by atoms with van der Waals surface area (Å²) in [6.07, 6.45) is 2.29. The van der Waals surface area contributed by atoms with Crippen LogP contribution in [0.4, 0.5) is 0 Å². The molecule has 94 valence electrons. The second kappa shape index (κ2) is 5.14. The van der Waals surface area contributed by atoms with Gasteiger partial charge in [-0.15, -0.1) is 0 Å². The minimum Gasteiger partial charge on any atom is -0.313 e. The Morgan fingerprint density at radius 3 is 2.53 bits per heavy atom. The van der Waals surface area contributed by atoms with Gasteiger partial charge in [0.2, 0.25) is 0 Å². The molecule has 3 nitrogen and oxygen atoms in total. The molecule has 0 aliphatic heterocycles. The van der Waals surface area contributed by atoms with E-state index >= 15 is 0 Å². The summed E-state index contributed by atoms with van der Waals surface area (Å²) in [5, 5.41) is 3.80. The van der Waals surface area contributed by atoms with E-state index in [1.54, 1.807) is 0 Å². The van der Waals surface area contributed by atoms with Crippen molar-refractivity contribution in [3.8, 4) is 0 Å². The SMILES string of the molecule is O=S(=O)(CCNC1CC1)c1ccc(Cl)c(Cl)c1. The van der Waals surface area contributed by atoms with Crippen LogP contribution in [0.1, 0.15) is 12.8 Å². The van der Waals surface area contributed by atoms with Crippen molar-refractivity contribution in [2.45, 2.75) is 23.8 Å². The van der Waals surface area contributed by atoms with Gasteiger partial charge in [-0.1, -0.05) is 23.2 Å². The number of hydrogen-bond acceptors (Lipinski definition) is 3. The molecule has 1 saturated carbocycles. The maximum Gasteiger partial charge on any atom is 0.179 e. The first kappa shape index (κ1) is 13.1. The van der Waals surface area contributed by atoms with Gasteiger partial charge < -0.3 is 5.32 Å². The van der Waals surface area contributed by atoms with Crippen molar-refractivity contribution >= 4 is 33.0 Å². The van der Waals surface area contributed by atoms with Gasteiger partial charge >= 0.3 is 0 Å². The molecule has 1 aromatic carbocycles. The molecule has 0 atom stereocenters. The molecule has 1 aromatic rings. The largest absolute Gasteiger partial charge is 0.313 e. The van der Waals surface area contributed by atoms with Crippen LogP contribution in [0.5, 0.6) is 0 Å². The predicted molar refractivity (Wildman–Crippen MR) is 69.5 cm³/mol. The molecule has 2 rings (SSSR count). The molecular weight excluding hydrogens is 281 g/mol. The summed E-state index contributed by atoms with van der Waals surface area (Å²) < 4.78 is 23.9. The number of hydrogen-bond donors (Lipinski definition) is 1. The van der Waals surface area contributed by atoms with Crippen LogP contribution in [0, 0.1) is 0 Å². The molecular formula is C11H13Cl2NO2S. The molecule has 0 saturated heterocycles. The van der Waals surface area contributed by atoms with E-state index in [1.807, 2.05) is 0 Å². The molecule has 17 heavy (non-hydrogen) atoms. The van der Waals surface area contributed by atoms with Crippen molar-refractivity contribution in [2.75, 3.05) is 12.3 Å². The second-order valence-electron chi connectivity index (χ2n) is 4.12. The normalized spacial score (nSPS) is 16.1. The number of benzene rings is 1. The molecule has 0 amide bonds. The Balaban J connectivity index is 2.04. The zero-order chi connectivity index (χ0) is 12.5. The smallest absolute Gasteiger partial charge is 0.179 e. The molecule has 6 heteroatoms. The average molecular weight is 294 g/mol. The summed E-state index contributed by atoms with van der Waals surface area (Å²) in [6.45, 7) is 0.479. The first-order chi connectivity index (χ1) is 7.99. The Hall–Kier alpha value is -0.290. The fourth-order valence-corrected chi connectivity index (χ4v) is 3.03. The number of rotatable bonds is 5. The highest BCUT2D eigenvalue weighted by Crippen LogP contribution is 2.25. The van der Waals surface area contributed by atoms with Crippen LogP contribution in [0.2, 0.25) is 10.0 Å². The fraction of sp³-hybridized carbons (Fsp3) is 0.455. The van der Waals surface area contributed by atoms with Crippen LogP contribution in [0.25, 0.3) is 0 Å². The van der Waals surface area contributed by atoms with Crippen molar-refractivity contribution in [2.24, 2.45) is 0 Å². The summed E-state index contributed by atoms with van der Waals surface area (Å²) >= 11 is 11.5. The van der Waals surface area contributed by atoms with Crippen molar-refractivity contribution < 1.29 is 8.42 Å². The number of halogens is 2. The van der Waals surface area contributed by atoms with Crippen LogP contribution in [0.3, 0.4) is 0 Å². The van der Waals surface area contributed by atoms with Gasteiger partial charge in [0.05, 0.1) is 20.7 Å². The summed E-state index contributed by atoms with van der Waals surface area (Å²) in [5.74, 6) is 0.0848. The van der Waals surface area contributed by atoms with E-state index in [1.165, 1.54) is 18.2 Å². The van der Waals surface area contributed by atoms with E-state index in [2.05, 4.69) is 5.32 Å². The van der Waals surface area contributed by atoms with E-state index in [0.717, 1.165) is 12.8 Å². The maximum atomic E-state index is 12.0. The fourth-order valence-electron chi connectivity index (χ4n) is 1.47. The number of nitrogens with one attached hydrogen (secondary N) is 1. The Bertz CT molecular complexity index is 512. The van der Waals surface area contributed by atoms with Crippen LogP contribution < -0.4 is 5.32 Å². The first-order valence-electron chi connectivity index (χ1n) is 5.40. The lowest BCUT2D eigenvalue weighted by molar-refractivity contribution is 0.590. The van der Waals surface area contributed by atoms with Gasteiger partial charge in [-0.05, 0) is 31.0 Å². The molecule has 0 unspecified atom stereocenters. The van der Waals surface area contributed by atoms with Crippen LogP contribution in [-0.2, 0) is 9.84 Å². The average Bonchev–Trinajstić information content (AvgIpc) is 3.05. The molecule has 0 radical (unpaired) electrons. The van der Waals surface area contributed by atoms with Gasteiger partial charge in [-0.3, -0.25) is 0 Å². The number of sulfone groups is 1. The molecule has 1 aliphatic carbocycles. The van der Waals surface area contributed by atoms with E-state index in [0.29, 0.717) is 17.6 Å². The lowest BCUT2D eigenvalue weighted by Crippen LogP contribution is -2.24. The second-order valence-corrected chi connectivity index (χ2v) is 7.05. The lowest BCUT2D eigenvalue weighted by atomic mass is 10.4. The zero-order valence-corrected chi connectivity index (χ0v) is 11.4. The third-order valence-electron chi connectivity index (χ3n) is 2.63. The van der Waals surface area contributed by atoms with Crippen molar-refractivity contribution in [1.82, 2.24) is 5.32 Å². The molecule has 0 spiro atoms. The van der Waals surface area contributed by atoms with Gasteiger partial charge in [-0.25, -0.2) is 8.42 Å². The molecule has 0 heterocycles. The predicted octanol–water partition coefficient (Wildman–Crippen LogP) is 2.52. The van der Waals surface area contributed by atoms with E-state index in [9.17, 15) is 8.42 Å². The summed E-state index contributed by atoms with van der Waals surface area (Å²) in [4.78, 5) is 0.226. The lowest BCUT2D eigenvalue weighted by Gasteiger charge is -2.06. The molecule has 1 fully saturated rings. The third kappa shape index (κ3) is 3.58. The highest BCUT2D eigenvalue weighted by Gasteiger charge is 2.22. The van der Waals surface area contributed by atoms with Crippen LogP contribution in [0.15, 0.2) is 23.1 Å². The van der Waals surface area contributed by atoms with Crippen molar-refractivity contribution in [3.63, 3.8) is 0 Å². The molecule has 0 bridgehead atoms. The van der Waals surface area contributed by atoms with E-state index < -0.39 is 9.84 Å². The maximum absolute atomic E-state index is 12.0. The van der Waals surface area contributed by atoms with Crippen LogP contribution in [-0.4, -0.2) is 26.8 Å². The molecule has 1 aliphatic rings. The van der Waals surface area contributed by atoms with Gasteiger partial charge in [-0.2, -0.15) is 0 Å². The monoisotopic (exact) mass is 293 g/mol. The Labute approximate surface area is 111 Å². The minimum absolute atomic E-state index is 0.0848. The van der Waals surface area contributed by atoms with Gasteiger partial charge in [0.25, 0.3) is 0 Å². The zero-order valence-electron chi connectivity index (χ0n) is 9.12. The van der Waals surface area contributed by atoms with Crippen LogP contribution >= 0.6 is 23.2 Å². The standard InChI is InChI=1S/C11H13Cl2NO2S/c12-10-4-3-9(7-11(10)13)17(15,16)6-5-14-8-1-2-8/h3-4,7-8,14H,1-2,5-6H2. The van der Waals surface area contributed by atoms with Crippen molar-refractivity contribution in [3.05, 3.63) is 28.2 Å². The Morgan fingerprint density at radius 2 is 1.94 bits per heavy atom. The first-order valence-corrected chi connectivity index (χ1v) is 7.81. The summed E-state index contributed by atoms with van der Waals surface area (Å²) in [5.41, 5.74) is 0. The Kier molecular flexibility index (Phi) is 3.98. The minimum atomic E-state index is -3.27. The third-order valence-corrected chi connectivity index (χ3v) is 5.08. The van der Waals surface area contributed by atoms with Gasteiger partial charge in [0.15, 0.2) is 9.84 Å². The van der Waals surface area contributed by atoms with Gasteiger partial charge in [0, 0.05) is 12.6 Å². The van der Waals surface area contributed by atoms with E-state index in [4.69, 9.17) is 23.2 Å². The molecule has 1 N–H and O–H groups in total. The quantitative estimate of drug-likeness (QED) is 0.907. The summed E-state index contributed by atoms with van der Waals surface area (Å²) in [7, 11) is -3.27. The topological polar surface area (TPSA) is 46.2 Å². The van der Waals surface area contributed by atoms with Crippen molar-refractivity contribution in [1.29, 1.82) is 0 Å². The Morgan fingerprint density at radius 1 is 1.24 bits per heavy atom. The van der Waals surface area contributed by atoms with E-state index in [-0.39, 0.29) is 15.7 Å². The molecule has 0 aromatic heterocycles. The summed E-state index contributed by atoms with van der Waals surface area (Å²) in [6, 6.07) is 4.90. The highest BCUT2D eigenvalue weighted by atomic mass is 35.5. The van der Waals surface area contributed by atoms with Gasteiger partial charge in [0.1, 0.15) is 0 Å².